The van der Waals surface area contributed by atoms with Crippen molar-refractivity contribution in [3.63, 3.8) is 0 Å². The first kappa shape index (κ1) is 18.9. The predicted octanol–water partition coefficient (Wildman–Crippen LogP) is 3.04. The van der Waals surface area contributed by atoms with Crippen molar-refractivity contribution in [2.24, 2.45) is 5.92 Å². The van der Waals surface area contributed by atoms with E-state index < -0.39 is 0 Å². The van der Waals surface area contributed by atoms with Gasteiger partial charge in [-0.15, -0.1) is 0 Å². The first-order valence-electron chi connectivity index (χ1n) is 9.96. The lowest BCUT2D eigenvalue weighted by Gasteiger charge is -2.35. The zero-order valence-electron chi connectivity index (χ0n) is 16.8. The molecule has 0 aromatic carbocycles. The van der Waals surface area contributed by atoms with Gasteiger partial charge in [0.15, 0.2) is 0 Å². The maximum atomic E-state index is 12.6. The van der Waals surface area contributed by atoms with Crippen molar-refractivity contribution in [1.82, 2.24) is 14.9 Å². The zero-order chi connectivity index (χ0) is 19.7. The molecule has 2 aliphatic rings. The number of carbonyl (C=O) groups is 1. The Morgan fingerprint density at radius 2 is 2.25 bits per heavy atom. The molecule has 4 heterocycles. The van der Waals surface area contributed by atoms with Crippen molar-refractivity contribution >= 4 is 11.9 Å². The van der Waals surface area contributed by atoms with Crippen molar-refractivity contribution < 1.29 is 13.9 Å². The van der Waals surface area contributed by atoms with Crippen LogP contribution in [0.4, 0.5) is 5.95 Å². The second kappa shape index (κ2) is 7.54. The molecule has 1 fully saturated rings. The van der Waals surface area contributed by atoms with Gasteiger partial charge in [-0.05, 0) is 31.4 Å². The van der Waals surface area contributed by atoms with E-state index >= 15 is 0 Å². The van der Waals surface area contributed by atoms with Gasteiger partial charge < -0.3 is 19.4 Å². The number of hydrogen-bond acceptors (Lipinski definition) is 6. The third kappa shape index (κ3) is 3.63. The van der Waals surface area contributed by atoms with E-state index in [2.05, 4.69) is 24.1 Å². The van der Waals surface area contributed by atoms with Crippen LogP contribution in [0.15, 0.2) is 22.8 Å². The summed E-state index contributed by atoms with van der Waals surface area (Å²) in [6.07, 6.45) is 3.12. The van der Waals surface area contributed by atoms with E-state index in [1.165, 1.54) is 0 Å². The Balaban J connectivity index is 1.58. The van der Waals surface area contributed by atoms with Crippen molar-refractivity contribution in [2.45, 2.75) is 52.2 Å². The van der Waals surface area contributed by atoms with Crippen molar-refractivity contribution in [1.29, 1.82) is 0 Å². The van der Waals surface area contributed by atoms with Crippen molar-refractivity contribution in [3.05, 3.63) is 41.1 Å². The maximum Gasteiger partial charge on any atom is 0.223 e. The largest absolute Gasteiger partial charge is 0.467 e. The second-order valence-corrected chi connectivity index (χ2v) is 8.33. The van der Waals surface area contributed by atoms with Crippen LogP contribution in [0.25, 0.3) is 0 Å². The Morgan fingerprint density at radius 1 is 1.39 bits per heavy atom. The first-order chi connectivity index (χ1) is 13.5. The summed E-state index contributed by atoms with van der Waals surface area (Å²) in [5.74, 6) is 2.02. The van der Waals surface area contributed by atoms with Gasteiger partial charge in [0, 0.05) is 30.8 Å². The van der Waals surface area contributed by atoms with E-state index in [0.717, 1.165) is 35.7 Å². The number of furan rings is 1. The number of amides is 1. The maximum absolute atomic E-state index is 12.6. The smallest absolute Gasteiger partial charge is 0.223 e. The van der Waals surface area contributed by atoms with Crippen LogP contribution in [-0.2, 0) is 28.1 Å². The summed E-state index contributed by atoms with van der Waals surface area (Å²) < 4.78 is 11.3. The molecule has 0 radical (unpaired) electrons. The Bertz CT molecular complexity index is 850. The molecule has 28 heavy (non-hydrogen) atoms. The number of aromatic nitrogens is 2. The number of fused-ring (bicyclic) bond motifs is 2. The van der Waals surface area contributed by atoms with Gasteiger partial charge in [0.25, 0.3) is 0 Å². The van der Waals surface area contributed by atoms with Gasteiger partial charge in [-0.1, -0.05) is 13.8 Å². The number of nitrogens with one attached hydrogen (secondary N) is 1. The highest BCUT2D eigenvalue weighted by molar-refractivity contribution is 5.77. The second-order valence-electron chi connectivity index (χ2n) is 8.33. The lowest BCUT2D eigenvalue weighted by molar-refractivity contribution is -0.131. The predicted molar refractivity (Wildman–Crippen MR) is 105 cm³/mol. The van der Waals surface area contributed by atoms with E-state index in [0.29, 0.717) is 44.6 Å². The number of rotatable bonds is 5. The van der Waals surface area contributed by atoms with Gasteiger partial charge in [0.05, 0.1) is 37.1 Å². The summed E-state index contributed by atoms with van der Waals surface area (Å²) in [6, 6.07) is 3.78. The fraction of sp³-hybridized carbons (Fsp3) is 0.571. The number of nitrogens with zero attached hydrogens (tertiary/aromatic N) is 3. The van der Waals surface area contributed by atoms with Gasteiger partial charge in [-0.2, -0.15) is 0 Å². The summed E-state index contributed by atoms with van der Waals surface area (Å²) in [6.45, 7) is 9.24. The quantitative estimate of drug-likeness (QED) is 0.853. The van der Waals surface area contributed by atoms with Crippen LogP contribution >= 0.6 is 0 Å². The van der Waals surface area contributed by atoms with E-state index in [1.54, 1.807) is 6.26 Å². The number of carbonyl (C=O) groups excluding carboxylic acids is 1. The molecule has 2 aromatic rings. The molecule has 7 heteroatoms. The molecular weight excluding hydrogens is 356 g/mol. The summed E-state index contributed by atoms with van der Waals surface area (Å²) in [5.41, 5.74) is 2.79. The topological polar surface area (TPSA) is 80.5 Å². The molecule has 1 spiro atoms. The molecule has 2 aliphatic heterocycles. The van der Waals surface area contributed by atoms with Crippen molar-refractivity contribution in [2.75, 3.05) is 25.0 Å². The van der Waals surface area contributed by atoms with Crippen LogP contribution in [0.5, 0.6) is 0 Å². The fourth-order valence-electron chi connectivity index (χ4n) is 4.16. The van der Waals surface area contributed by atoms with Gasteiger partial charge >= 0.3 is 0 Å². The standard InChI is InChI=1S/C21H28N4O3/c1-14(2)9-18(26)25-7-6-21(12-25)13-27-11-17-15(3)23-20(24-19(17)21)22-10-16-5-4-8-28-16/h4-5,8,14H,6-7,9-13H2,1-3H3,(H,22,23,24)/t21-/m0/s1. The molecule has 7 nitrogen and oxygen atoms in total. The van der Waals surface area contributed by atoms with E-state index in [-0.39, 0.29) is 11.3 Å². The molecule has 1 N–H and O–H groups in total. The highest BCUT2D eigenvalue weighted by Crippen LogP contribution is 2.40. The van der Waals surface area contributed by atoms with E-state index in [4.69, 9.17) is 14.1 Å². The molecule has 0 aliphatic carbocycles. The van der Waals surface area contributed by atoms with Crippen LogP contribution in [0, 0.1) is 12.8 Å². The van der Waals surface area contributed by atoms with Gasteiger partial charge in [-0.3, -0.25) is 4.79 Å². The highest BCUT2D eigenvalue weighted by atomic mass is 16.5. The third-order valence-electron chi connectivity index (χ3n) is 5.63. The lowest BCUT2D eigenvalue weighted by Crippen LogP contribution is -2.42. The van der Waals surface area contributed by atoms with Crippen molar-refractivity contribution in [3.8, 4) is 0 Å². The van der Waals surface area contributed by atoms with Crippen LogP contribution in [0.1, 0.15) is 49.4 Å². The molecule has 1 amide bonds. The average Bonchev–Trinajstić information content (AvgIpc) is 3.31. The Labute approximate surface area is 165 Å². The molecule has 1 saturated heterocycles. The molecule has 0 bridgehead atoms. The minimum Gasteiger partial charge on any atom is -0.467 e. The van der Waals surface area contributed by atoms with E-state index in [9.17, 15) is 4.79 Å². The number of aryl methyl sites for hydroxylation is 1. The van der Waals surface area contributed by atoms with Crippen LogP contribution < -0.4 is 5.32 Å². The fourth-order valence-corrected chi connectivity index (χ4v) is 4.16. The Kier molecular flexibility index (Phi) is 5.10. The minimum atomic E-state index is -0.241. The number of likely N-dealkylation sites (tertiary alicyclic amines) is 1. The van der Waals surface area contributed by atoms with Crippen LogP contribution in [0.3, 0.4) is 0 Å². The highest BCUT2D eigenvalue weighted by Gasteiger charge is 2.46. The first-order valence-corrected chi connectivity index (χ1v) is 9.96. The zero-order valence-corrected chi connectivity index (χ0v) is 16.8. The SMILES string of the molecule is Cc1nc(NCc2ccco2)nc2c1COC[C@@]21CCN(C(=O)CC(C)C)C1. The average molecular weight is 384 g/mol. The van der Waals surface area contributed by atoms with Crippen LogP contribution in [0.2, 0.25) is 0 Å². The Morgan fingerprint density at radius 3 is 3.00 bits per heavy atom. The molecule has 2 aromatic heterocycles. The minimum absolute atomic E-state index is 0.223. The lowest BCUT2D eigenvalue weighted by atomic mass is 9.80. The van der Waals surface area contributed by atoms with Crippen LogP contribution in [-0.4, -0.2) is 40.5 Å². The Hall–Kier alpha value is -2.41. The summed E-state index contributed by atoms with van der Waals surface area (Å²) in [4.78, 5) is 24.1. The molecule has 0 saturated carbocycles. The molecule has 1 atom stereocenters. The third-order valence-corrected chi connectivity index (χ3v) is 5.63. The number of anilines is 1. The van der Waals surface area contributed by atoms with Gasteiger partial charge in [0.2, 0.25) is 11.9 Å². The summed E-state index contributed by atoms with van der Waals surface area (Å²) in [7, 11) is 0. The van der Waals surface area contributed by atoms with E-state index in [1.807, 2.05) is 24.0 Å². The molecule has 4 rings (SSSR count). The monoisotopic (exact) mass is 384 g/mol. The molecular formula is C21H28N4O3. The van der Waals surface area contributed by atoms with Gasteiger partial charge in [0.1, 0.15) is 5.76 Å². The normalized spacial score (nSPS) is 21.4. The number of hydrogen-bond donors (Lipinski definition) is 1. The molecule has 0 unspecified atom stereocenters. The summed E-state index contributed by atoms with van der Waals surface area (Å²) in [5, 5.41) is 3.27. The van der Waals surface area contributed by atoms with Gasteiger partial charge in [-0.25, -0.2) is 9.97 Å². The number of ether oxygens (including phenoxy) is 1. The molecule has 150 valence electrons. The summed E-state index contributed by atoms with van der Waals surface area (Å²) >= 11 is 0.